The average molecular weight is 310 g/mol. The van der Waals surface area contributed by atoms with Gasteiger partial charge in [-0.25, -0.2) is 4.68 Å². The zero-order chi connectivity index (χ0) is 13.1. The van der Waals surface area contributed by atoms with Gasteiger partial charge in [-0.3, -0.25) is 0 Å². The van der Waals surface area contributed by atoms with Crippen molar-refractivity contribution in [3.05, 3.63) is 45.7 Å². The van der Waals surface area contributed by atoms with E-state index in [0.29, 0.717) is 13.0 Å². The summed E-state index contributed by atoms with van der Waals surface area (Å²) in [6.07, 6.45) is 2.03. The fraction of sp³-hybridized carbons (Fsp3) is 0.385. The number of hydrogen-bond donors (Lipinski definition) is 1. The van der Waals surface area contributed by atoms with Crippen molar-refractivity contribution in [2.24, 2.45) is 0 Å². The molecule has 0 aliphatic heterocycles. The van der Waals surface area contributed by atoms with E-state index < -0.39 is 0 Å². The van der Waals surface area contributed by atoms with Crippen LogP contribution >= 0.6 is 15.9 Å². The summed E-state index contributed by atoms with van der Waals surface area (Å²) in [5, 5.41) is 17.4. The Morgan fingerprint density at radius 1 is 1.44 bits per heavy atom. The lowest BCUT2D eigenvalue weighted by molar-refractivity contribution is 0.194. The lowest BCUT2D eigenvalue weighted by Gasteiger charge is -2.04. The van der Waals surface area contributed by atoms with Gasteiger partial charge in [-0.2, -0.15) is 0 Å². The van der Waals surface area contributed by atoms with Gasteiger partial charge < -0.3 is 5.11 Å². The fourth-order valence-electron chi connectivity index (χ4n) is 1.73. The van der Waals surface area contributed by atoms with E-state index in [1.165, 1.54) is 11.1 Å². The third-order valence-electron chi connectivity index (χ3n) is 2.67. The molecular formula is C13H16BrN3O. The van der Waals surface area contributed by atoms with Gasteiger partial charge in [-0.05, 0) is 31.0 Å². The zero-order valence-electron chi connectivity index (χ0n) is 10.5. The first kappa shape index (κ1) is 13.2. The Kier molecular flexibility index (Phi) is 4.14. The molecule has 2 rings (SSSR count). The van der Waals surface area contributed by atoms with E-state index in [9.17, 15) is 5.11 Å². The summed E-state index contributed by atoms with van der Waals surface area (Å²) >= 11 is 3.52. The third-order valence-corrected chi connectivity index (χ3v) is 3.53. The molecule has 0 fully saturated rings. The molecule has 0 aliphatic rings. The van der Waals surface area contributed by atoms with E-state index in [4.69, 9.17) is 0 Å². The number of benzene rings is 1. The maximum Gasteiger partial charge on any atom is 0.0852 e. The molecule has 1 aromatic carbocycles. The van der Waals surface area contributed by atoms with Crippen molar-refractivity contribution in [3.63, 3.8) is 0 Å². The van der Waals surface area contributed by atoms with Crippen LogP contribution in [-0.2, 0) is 13.0 Å². The first-order chi connectivity index (χ1) is 8.54. The number of aromatic nitrogens is 3. The van der Waals surface area contributed by atoms with Crippen molar-refractivity contribution in [2.45, 2.75) is 32.9 Å². The topological polar surface area (TPSA) is 50.9 Å². The fourth-order valence-corrected chi connectivity index (χ4v) is 2.16. The lowest BCUT2D eigenvalue weighted by atomic mass is 10.1. The third kappa shape index (κ3) is 3.40. The van der Waals surface area contributed by atoms with Crippen molar-refractivity contribution in [3.8, 4) is 0 Å². The Labute approximate surface area is 115 Å². The standard InChI is InChI=1S/C13H16BrN3O/c1-9-3-4-11(6-13(9)14)7-17-8-12(15-16-17)5-10(2)18/h3-4,6,8,10,18H,5,7H2,1-2H3. The van der Waals surface area contributed by atoms with Crippen molar-refractivity contribution in [2.75, 3.05) is 0 Å². The number of aliphatic hydroxyl groups excluding tert-OH is 1. The van der Waals surface area contributed by atoms with Crippen LogP contribution < -0.4 is 0 Å². The molecule has 0 bridgehead atoms. The van der Waals surface area contributed by atoms with Gasteiger partial charge in [0.15, 0.2) is 0 Å². The number of hydrogen-bond acceptors (Lipinski definition) is 3. The molecule has 96 valence electrons. The Hall–Kier alpha value is -1.20. The van der Waals surface area contributed by atoms with Crippen LogP contribution in [-0.4, -0.2) is 26.2 Å². The summed E-state index contributed by atoms with van der Waals surface area (Å²) in [5.41, 5.74) is 3.20. The van der Waals surface area contributed by atoms with E-state index >= 15 is 0 Å². The summed E-state index contributed by atoms with van der Waals surface area (Å²) in [4.78, 5) is 0. The van der Waals surface area contributed by atoms with Crippen LogP contribution in [0.5, 0.6) is 0 Å². The van der Waals surface area contributed by atoms with Crippen molar-refractivity contribution in [1.29, 1.82) is 0 Å². The second-order valence-corrected chi connectivity index (χ2v) is 5.40. The van der Waals surface area contributed by atoms with Crippen LogP contribution in [0.3, 0.4) is 0 Å². The first-order valence-corrected chi connectivity index (χ1v) is 6.66. The summed E-state index contributed by atoms with van der Waals surface area (Å²) in [6, 6.07) is 6.24. The van der Waals surface area contributed by atoms with Crippen molar-refractivity contribution < 1.29 is 5.11 Å². The maximum atomic E-state index is 9.29. The molecule has 0 radical (unpaired) electrons. The number of aliphatic hydroxyl groups is 1. The summed E-state index contributed by atoms with van der Waals surface area (Å²) in [7, 11) is 0. The van der Waals surface area contributed by atoms with Crippen LogP contribution in [0.15, 0.2) is 28.9 Å². The normalized spacial score (nSPS) is 12.7. The number of nitrogens with zero attached hydrogens (tertiary/aromatic N) is 3. The van der Waals surface area contributed by atoms with Gasteiger partial charge in [0.1, 0.15) is 0 Å². The maximum absolute atomic E-state index is 9.29. The summed E-state index contributed by atoms with van der Waals surface area (Å²) < 4.78 is 2.89. The van der Waals surface area contributed by atoms with Gasteiger partial charge in [0.2, 0.25) is 0 Å². The largest absolute Gasteiger partial charge is 0.393 e. The molecule has 1 heterocycles. The van der Waals surface area contributed by atoms with Crippen LogP contribution in [0.1, 0.15) is 23.7 Å². The summed E-state index contributed by atoms with van der Waals surface area (Å²) in [6.45, 7) is 4.49. The molecule has 0 saturated carbocycles. The van der Waals surface area contributed by atoms with Crippen LogP contribution in [0.25, 0.3) is 0 Å². The Balaban J connectivity index is 2.08. The molecule has 1 N–H and O–H groups in total. The molecular weight excluding hydrogens is 294 g/mol. The van der Waals surface area contributed by atoms with Gasteiger partial charge in [0.25, 0.3) is 0 Å². The highest BCUT2D eigenvalue weighted by molar-refractivity contribution is 9.10. The molecule has 1 atom stereocenters. The lowest BCUT2D eigenvalue weighted by Crippen LogP contribution is -2.04. The Morgan fingerprint density at radius 2 is 2.22 bits per heavy atom. The molecule has 0 saturated heterocycles. The quantitative estimate of drug-likeness (QED) is 0.943. The molecule has 1 unspecified atom stereocenters. The van der Waals surface area contributed by atoms with Crippen LogP contribution in [0, 0.1) is 6.92 Å². The number of aryl methyl sites for hydroxylation is 1. The first-order valence-electron chi connectivity index (χ1n) is 5.86. The minimum absolute atomic E-state index is 0.385. The SMILES string of the molecule is Cc1ccc(Cn2cc(CC(C)O)nn2)cc1Br. The molecule has 4 nitrogen and oxygen atoms in total. The molecule has 0 spiro atoms. The van der Waals surface area contributed by atoms with E-state index in [1.54, 1.807) is 11.6 Å². The molecule has 18 heavy (non-hydrogen) atoms. The van der Waals surface area contributed by atoms with Crippen molar-refractivity contribution >= 4 is 15.9 Å². The highest BCUT2D eigenvalue weighted by atomic mass is 79.9. The average Bonchev–Trinajstić information content (AvgIpc) is 2.70. The summed E-state index contributed by atoms with van der Waals surface area (Å²) in [5.74, 6) is 0. The highest BCUT2D eigenvalue weighted by Crippen LogP contribution is 2.18. The predicted octanol–water partition coefficient (Wildman–Crippen LogP) is 2.32. The van der Waals surface area contributed by atoms with E-state index in [0.717, 1.165) is 10.2 Å². The minimum Gasteiger partial charge on any atom is -0.393 e. The highest BCUT2D eigenvalue weighted by Gasteiger charge is 2.05. The smallest absolute Gasteiger partial charge is 0.0852 e. The van der Waals surface area contributed by atoms with Crippen LogP contribution in [0.4, 0.5) is 0 Å². The molecule has 1 aromatic heterocycles. The van der Waals surface area contributed by atoms with Gasteiger partial charge in [0, 0.05) is 17.1 Å². The predicted molar refractivity (Wildman–Crippen MR) is 73.4 cm³/mol. The molecule has 0 amide bonds. The molecule has 0 aliphatic carbocycles. The molecule has 5 heteroatoms. The van der Waals surface area contributed by atoms with Gasteiger partial charge in [-0.1, -0.05) is 33.3 Å². The number of rotatable bonds is 4. The molecule has 2 aromatic rings. The van der Waals surface area contributed by atoms with Gasteiger partial charge in [0.05, 0.1) is 18.3 Å². The monoisotopic (exact) mass is 309 g/mol. The Morgan fingerprint density at radius 3 is 2.89 bits per heavy atom. The second kappa shape index (κ2) is 5.63. The number of halogens is 1. The second-order valence-electron chi connectivity index (χ2n) is 4.54. The van der Waals surface area contributed by atoms with E-state index in [1.807, 2.05) is 6.20 Å². The zero-order valence-corrected chi connectivity index (χ0v) is 12.1. The van der Waals surface area contributed by atoms with Gasteiger partial charge >= 0.3 is 0 Å². The van der Waals surface area contributed by atoms with E-state index in [-0.39, 0.29) is 6.10 Å². The van der Waals surface area contributed by atoms with Crippen LogP contribution in [0.2, 0.25) is 0 Å². The Bertz CT molecular complexity index is 537. The van der Waals surface area contributed by atoms with Crippen molar-refractivity contribution in [1.82, 2.24) is 15.0 Å². The minimum atomic E-state index is -0.385. The van der Waals surface area contributed by atoms with E-state index in [2.05, 4.69) is 51.4 Å². The van der Waals surface area contributed by atoms with Gasteiger partial charge in [-0.15, -0.1) is 5.10 Å².